The largest absolute Gasteiger partial charge is 0.480 e. The third kappa shape index (κ3) is 2.93. The van der Waals surface area contributed by atoms with Crippen molar-refractivity contribution in [2.24, 2.45) is 5.10 Å². The summed E-state index contributed by atoms with van der Waals surface area (Å²) >= 11 is 0. The zero-order valence-corrected chi connectivity index (χ0v) is 14.0. The molecule has 4 aromatic rings. The van der Waals surface area contributed by atoms with Crippen LogP contribution in [0.4, 0.5) is 0 Å². The summed E-state index contributed by atoms with van der Waals surface area (Å²) in [6, 6.07) is 13.9. The van der Waals surface area contributed by atoms with Gasteiger partial charge in [-0.3, -0.25) is 9.59 Å². The molecule has 8 heteroatoms. The molecule has 2 aromatic heterocycles. The summed E-state index contributed by atoms with van der Waals surface area (Å²) in [5.41, 5.74) is 0.591. The Labute approximate surface area is 151 Å². The molecule has 0 spiro atoms. The number of aliphatic carboxylic acids is 1. The van der Waals surface area contributed by atoms with E-state index in [-0.39, 0.29) is 6.54 Å². The number of carboxylic acid groups (broad SMARTS) is 1. The molecule has 0 aliphatic rings. The fraction of sp³-hybridized carbons (Fsp3) is 0.0526. The first-order valence-electron chi connectivity index (χ1n) is 8.13. The summed E-state index contributed by atoms with van der Waals surface area (Å²) in [6.07, 6.45) is 3.01. The lowest BCUT2D eigenvalue weighted by Crippen LogP contribution is -2.32. The molecule has 134 valence electrons. The fourth-order valence-electron chi connectivity index (χ4n) is 3.03. The number of benzene rings is 2. The second kappa shape index (κ2) is 6.41. The number of nitrogens with zero attached hydrogens (tertiary/aromatic N) is 3. The molecule has 0 fully saturated rings. The Morgan fingerprint density at radius 1 is 1.07 bits per heavy atom. The average molecular weight is 362 g/mol. The molecular weight excluding hydrogens is 348 g/mol. The molecule has 2 aromatic carbocycles. The molecule has 0 bridgehead atoms. The van der Waals surface area contributed by atoms with Gasteiger partial charge in [-0.1, -0.05) is 30.3 Å². The third-order valence-electron chi connectivity index (χ3n) is 4.22. The molecule has 0 atom stereocenters. The molecule has 2 N–H and O–H groups in total. The van der Waals surface area contributed by atoms with Crippen molar-refractivity contribution in [3.63, 3.8) is 0 Å². The van der Waals surface area contributed by atoms with Gasteiger partial charge in [-0.05, 0) is 18.2 Å². The summed E-state index contributed by atoms with van der Waals surface area (Å²) < 4.78 is 2.33. The number of carboxylic acids is 1. The molecule has 0 unspecified atom stereocenters. The second-order valence-electron chi connectivity index (χ2n) is 5.96. The minimum absolute atomic E-state index is 0.204. The molecule has 4 rings (SSSR count). The maximum absolute atomic E-state index is 12.5. The SMILES string of the molecule is O=C(O)Cn1cc(C=Nn2c(=O)[nH]c3ccccc3c2=O)c2ccccc21. The first kappa shape index (κ1) is 16.5. The monoisotopic (exact) mass is 362 g/mol. The molecule has 0 saturated carbocycles. The summed E-state index contributed by atoms with van der Waals surface area (Å²) in [5.74, 6) is -0.971. The minimum atomic E-state index is -0.971. The van der Waals surface area contributed by atoms with Crippen molar-refractivity contribution < 1.29 is 9.90 Å². The summed E-state index contributed by atoms with van der Waals surface area (Å²) in [7, 11) is 0. The van der Waals surface area contributed by atoms with Crippen LogP contribution >= 0.6 is 0 Å². The number of fused-ring (bicyclic) bond motifs is 2. The Bertz CT molecular complexity index is 1330. The van der Waals surface area contributed by atoms with Gasteiger partial charge in [0.05, 0.1) is 17.1 Å². The predicted octanol–water partition coefficient (Wildman–Crippen LogP) is 1.61. The van der Waals surface area contributed by atoms with Crippen molar-refractivity contribution in [1.29, 1.82) is 0 Å². The summed E-state index contributed by atoms with van der Waals surface area (Å²) in [4.78, 5) is 38.4. The van der Waals surface area contributed by atoms with Crippen molar-refractivity contribution >= 4 is 34.0 Å². The van der Waals surface area contributed by atoms with E-state index in [0.29, 0.717) is 16.5 Å². The minimum Gasteiger partial charge on any atom is -0.480 e. The van der Waals surface area contributed by atoms with Crippen molar-refractivity contribution in [2.45, 2.75) is 6.54 Å². The van der Waals surface area contributed by atoms with Crippen LogP contribution in [-0.4, -0.2) is 31.5 Å². The molecule has 0 aliphatic heterocycles. The smallest absolute Gasteiger partial charge is 0.349 e. The van der Waals surface area contributed by atoms with Crippen molar-refractivity contribution in [3.8, 4) is 0 Å². The first-order chi connectivity index (χ1) is 13.0. The van der Waals surface area contributed by atoms with Gasteiger partial charge in [-0.2, -0.15) is 5.10 Å². The Kier molecular flexibility index (Phi) is 3.92. The molecule has 0 amide bonds. The molecule has 2 heterocycles. The molecule has 0 saturated heterocycles. The van der Waals surface area contributed by atoms with Gasteiger partial charge >= 0.3 is 11.7 Å². The Balaban J connectivity index is 1.85. The average Bonchev–Trinajstić information content (AvgIpc) is 2.99. The highest BCUT2D eigenvalue weighted by Crippen LogP contribution is 2.20. The van der Waals surface area contributed by atoms with E-state index in [1.54, 1.807) is 47.2 Å². The number of rotatable bonds is 4. The van der Waals surface area contributed by atoms with E-state index < -0.39 is 17.2 Å². The van der Waals surface area contributed by atoms with Crippen LogP contribution in [0, 0.1) is 0 Å². The van der Waals surface area contributed by atoms with Gasteiger partial charge in [0.25, 0.3) is 5.56 Å². The lowest BCUT2D eigenvalue weighted by Gasteiger charge is -2.00. The van der Waals surface area contributed by atoms with E-state index in [1.807, 2.05) is 12.1 Å². The highest BCUT2D eigenvalue weighted by molar-refractivity contribution is 5.99. The highest BCUT2D eigenvalue weighted by atomic mass is 16.4. The number of aromatic amines is 1. The van der Waals surface area contributed by atoms with E-state index in [0.717, 1.165) is 15.6 Å². The Hall–Kier alpha value is -3.94. The Morgan fingerprint density at radius 3 is 2.56 bits per heavy atom. The first-order valence-corrected chi connectivity index (χ1v) is 8.13. The maximum Gasteiger partial charge on any atom is 0.349 e. The molecule has 0 aliphatic carbocycles. The van der Waals surface area contributed by atoms with Gasteiger partial charge in [0.2, 0.25) is 0 Å². The van der Waals surface area contributed by atoms with Gasteiger partial charge in [-0.15, -0.1) is 4.68 Å². The zero-order valence-electron chi connectivity index (χ0n) is 14.0. The highest BCUT2D eigenvalue weighted by Gasteiger charge is 2.10. The van der Waals surface area contributed by atoms with E-state index in [9.17, 15) is 14.4 Å². The van der Waals surface area contributed by atoms with Crippen LogP contribution in [0.2, 0.25) is 0 Å². The van der Waals surface area contributed by atoms with Crippen molar-refractivity contribution in [3.05, 3.63) is 81.1 Å². The topological polar surface area (TPSA) is 109 Å². The van der Waals surface area contributed by atoms with E-state index in [4.69, 9.17) is 5.11 Å². The van der Waals surface area contributed by atoms with Crippen LogP contribution in [0.3, 0.4) is 0 Å². The van der Waals surface area contributed by atoms with Crippen LogP contribution in [0.25, 0.3) is 21.8 Å². The van der Waals surface area contributed by atoms with Gasteiger partial charge < -0.3 is 14.7 Å². The number of hydrogen-bond acceptors (Lipinski definition) is 4. The number of hydrogen-bond donors (Lipinski definition) is 2. The van der Waals surface area contributed by atoms with Crippen molar-refractivity contribution in [2.75, 3.05) is 0 Å². The molecule has 27 heavy (non-hydrogen) atoms. The van der Waals surface area contributed by atoms with E-state index >= 15 is 0 Å². The van der Waals surface area contributed by atoms with Crippen LogP contribution in [0.1, 0.15) is 5.56 Å². The summed E-state index contributed by atoms with van der Waals surface area (Å²) in [5, 5.41) is 14.2. The van der Waals surface area contributed by atoms with E-state index in [2.05, 4.69) is 10.1 Å². The lowest BCUT2D eigenvalue weighted by atomic mass is 10.2. The van der Waals surface area contributed by atoms with Crippen LogP contribution in [0.5, 0.6) is 0 Å². The van der Waals surface area contributed by atoms with Gasteiger partial charge in [0.15, 0.2) is 0 Å². The molecule has 8 nitrogen and oxygen atoms in total. The molecule has 0 radical (unpaired) electrons. The quantitative estimate of drug-likeness (QED) is 0.538. The van der Waals surface area contributed by atoms with Crippen LogP contribution in [0.15, 0.2) is 69.4 Å². The Morgan fingerprint density at radius 2 is 1.78 bits per heavy atom. The predicted molar refractivity (Wildman–Crippen MR) is 101 cm³/mol. The normalized spacial score (nSPS) is 11.6. The van der Waals surface area contributed by atoms with Gasteiger partial charge in [0.1, 0.15) is 6.54 Å². The van der Waals surface area contributed by atoms with E-state index in [1.165, 1.54) is 6.21 Å². The standard InChI is InChI=1S/C19H14N4O4/c24-17(25)11-22-10-12(13-5-2-4-8-16(13)22)9-20-23-18(26)14-6-1-3-7-15(14)21-19(23)27/h1-10H,11H2,(H,21,27)(H,24,25). The zero-order chi connectivity index (χ0) is 19.0. The van der Waals surface area contributed by atoms with Crippen molar-refractivity contribution in [1.82, 2.24) is 14.2 Å². The number of nitrogens with one attached hydrogen (secondary N) is 1. The van der Waals surface area contributed by atoms with Crippen LogP contribution < -0.4 is 11.2 Å². The number of para-hydroxylation sites is 2. The third-order valence-corrected chi connectivity index (χ3v) is 4.22. The molecular formula is C19H14N4O4. The fourth-order valence-corrected chi connectivity index (χ4v) is 3.03. The lowest BCUT2D eigenvalue weighted by molar-refractivity contribution is -0.137. The van der Waals surface area contributed by atoms with Gasteiger partial charge in [-0.25, -0.2) is 4.79 Å². The van der Waals surface area contributed by atoms with Gasteiger partial charge in [0, 0.05) is 22.7 Å². The van der Waals surface area contributed by atoms with Crippen LogP contribution in [-0.2, 0) is 11.3 Å². The maximum atomic E-state index is 12.5. The number of carbonyl (C=O) groups is 1. The number of aromatic nitrogens is 3. The summed E-state index contributed by atoms with van der Waals surface area (Å²) in [6.45, 7) is -0.204. The second-order valence-corrected chi connectivity index (χ2v) is 5.96. The number of H-pyrrole nitrogens is 1.